The predicted molar refractivity (Wildman–Crippen MR) is 209 cm³/mol. The molecule has 3 rings (SSSR count). The lowest BCUT2D eigenvalue weighted by Crippen LogP contribution is -2.52. The SMILES string of the molecule is CCCCCCCCCCCCCC(=O)NCC(=O)N(C)C1C(=O)N[C@@H](C)C(=O)NC(C)Cc2ccc(OCCN)c(c2)-c2cc1ccc2OCCN. The predicted octanol–water partition coefficient (Wildman–Crippen LogP) is 4.91. The van der Waals surface area contributed by atoms with Crippen molar-refractivity contribution in [3.63, 3.8) is 0 Å². The zero-order valence-electron chi connectivity index (χ0n) is 32.5. The normalized spacial score (nSPS) is 17.3. The minimum Gasteiger partial charge on any atom is -0.492 e. The number of carbonyl (C=O) groups excluding carboxylic acids is 4. The van der Waals surface area contributed by atoms with Crippen molar-refractivity contribution in [1.82, 2.24) is 20.9 Å². The Morgan fingerprint density at radius 2 is 1.36 bits per heavy atom. The molecule has 1 aliphatic rings. The minimum absolute atomic E-state index is 0.203. The van der Waals surface area contributed by atoms with Gasteiger partial charge < -0.3 is 41.8 Å². The molecule has 0 aromatic heterocycles. The Morgan fingerprint density at radius 1 is 0.792 bits per heavy atom. The average molecular weight is 737 g/mol. The first kappa shape index (κ1) is 43.2. The van der Waals surface area contributed by atoms with E-state index >= 15 is 0 Å². The van der Waals surface area contributed by atoms with Crippen LogP contribution in [0.4, 0.5) is 0 Å². The molecule has 3 atom stereocenters. The highest BCUT2D eigenvalue weighted by atomic mass is 16.5. The maximum Gasteiger partial charge on any atom is 0.248 e. The van der Waals surface area contributed by atoms with Crippen molar-refractivity contribution < 1.29 is 28.7 Å². The summed E-state index contributed by atoms with van der Waals surface area (Å²) >= 11 is 0. The van der Waals surface area contributed by atoms with E-state index in [2.05, 4.69) is 22.9 Å². The third-order valence-electron chi connectivity index (χ3n) is 9.56. The molecule has 0 radical (unpaired) electrons. The molecule has 0 spiro atoms. The second-order valence-corrected chi connectivity index (χ2v) is 14.2. The van der Waals surface area contributed by atoms with Gasteiger partial charge in [-0.25, -0.2) is 0 Å². The Bertz CT molecular complexity index is 1470. The van der Waals surface area contributed by atoms with Gasteiger partial charge in [-0.1, -0.05) is 83.3 Å². The van der Waals surface area contributed by atoms with Crippen LogP contribution in [-0.4, -0.2) is 80.5 Å². The lowest BCUT2D eigenvalue weighted by molar-refractivity contribution is -0.140. The number of rotatable bonds is 21. The van der Waals surface area contributed by atoms with E-state index in [0.717, 1.165) is 24.8 Å². The molecular formula is C41H64N6O6. The quantitative estimate of drug-likeness (QED) is 0.112. The second-order valence-electron chi connectivity index (χ2n) is 14.2. The van der Waals surface area contributed by atoms with Crippen LogP contribution in [0, 0.1) is 0 Å². The lowest BCUT2D eigenvalue weighted by Gasteiger charge is -2.30. The van der Waals surface area contributed by atoms with Gasteiger partial charge in [0.15, 0.2) is 0 Å². The first-order valence-corrected chi connectivity index (χ1v) is 19.7. The fourth-order valence-electron chi connectivity index (χ4n) is 6.59. The molecular weight excluding hydrogens is 672 g/mol. The van der Waals surface area contributed by atoms with Crippen LogP contribution in [0.1, 0.15) is 115 Å². The zero-order chi connectivity index (χ0) is 38.6. The maximum absolute atomic E-state index is 14.0. The molecule has 1 aliphatic heterocycles. The first-order valence-electron chi connectivity index (χ1n) is 19.7. The van der Waals surface area contributed by atoms with Gasteiger partial charge in [0.1, 0.15) is 36.8 Å². The third kappa shape index (κ3) is 14.3. The molecule has 2 unspecified atom stereocenters. The second kappa shape index (κ2) is 23.5. The summed E-state index contributed by atoms with van der Waals surface area (Å²) < 4.78 is 12.1. The number of hydrogen-bond acceptors (Lipinski definition) is 8. The van der Waals surface area contributed by atoms with Crippen molar-refractivity contribution in [2.24, 2.45) is 11.5 Å². The molecule has 0 saturated carbocycles. The van der Waals surface area contributed by atoms with Crippen LogP contribution in [0.15, 0.2) is 36.4 Å². The first-order chi connectivity index (χ1) is 25.6. The van der Waals surface area contributed by atoms with Gasteiger partial charge in [0, 0.05) is 43.7 Å². The van der Waals surface area contributed by atoms with Gasteiger partial charge in [0.05, 0.1) is 6.54 Å². The highest BCUT2D eigenvalue weighted by Crippen LogP contribution is 2.40. The van der Waals surface area contributed by atoms with E-state index in [1.165, 1.54) is 63.3 Å². The summed E-state index contributed by atoms with van der Waals surface area (Å²) in [5, 5.41) is 8.53. The van der Waals surface area contributed by atoms with Gasteiger partial charge in [-0.3, -0.25) is 19.2 Å². The number of hydrogen-bond donors (Lipinski definition) is 5. The summed E-state index contributed by atoms with van der Waals surface area (Å²) in [6.45, 7) is 6.60. The highest BCUT2D eigenvalue weighted by molar-refractivity contribution is 5.94. The van der Waals surface area contributed by atoms with Crippen molar-refractivity contribution in [3.05, 3.63) is 47.5 Å². The number of ether oxygens (including phenoxy) is 2. The molecule has 294 valence electrons. The number of fused-ring (bicyclic) bond motifs is 5. The Morgan fingerprint density at radius 3 is 1.96 bits per heavy atom. The topological polar surface area (TPSA) is 178 Å². The smallest absolute Gasteiger partial charge is 0.248 e. The van der Waals surface area contributed by atoms with E-state index in [1.807, 2.05) is 25.1 Å². The minimum atomic E-state index is -1.14. The molecule has 0 saturated heterocycles. The van der Waals surface area contributed by atoms with Crippen molar-refractivity contribution in [2.75, 3.05) is 39.9 Å². The molecule has 4 bridgehead atoms. The summed E-state index contributed by atoms with van der Waals surface area (Å²) in [6.07, 6.45) is 13.9. The molecule has 0 aliphatic carbocycles. The van der Waals surface area contributed by atoms with Gasteiger partial charge in [-0.05, 0) is 62.1 Å². The Kier molecular flexibility index (Phi) is 19.2. The van der Waals surface area contributed by atoms with E-state index in [9.17, 15) is 19.2 Å². The molecule has 1 heterocycles. The summed E-state index contributed by atoms with van der Waals surface area (Å²) in [4.78, 5) is 54.8. The highest BCUT2D eigenvalue weighted by Gasteiger charge is 2.32. The van der Waals surface area contributed by atoms with Crippen LogP contribution in [0.3, 0.4) is 0 Å². The summed E-state index contributed by atoms with van der Waals surface area (Å²) in [6, 6.07) is 8.80. The van der Waals surface area contributed by atoms with Crippen molar-refractivity contribution in [3.8, 4) is 22.6 Å². The average Bonchev–Trinajstić information content (AvgIpc) is 3.14. The van der Waals surface area contributed by atoms with E-state index in [0.29, 0.717) is 54.1 Å². The van der Waals surface area contributed by atoms with Gasteiger partial charge in [-0.15, -0.1) is 0 Å². The van der Waals surface area contributed by atoms with Crippen molar-refractivity contribution in [2.45, 2.75) is 122 Å². The number of benzene rings is 2. The van der Waals surface area contributed by atoms with Crippen LogP contribution in [0.2, 0.25) is 0 Å². The molecule has 12 heteroatoms. The standard InChI is InChI=1S/C41H64N6O6/c1-5-6-7-8-9-10-11-12-13-14-15-16-37(48)44-28-38(49)47(4)39-32-18-20-36(53-24-22-43)34(27-32)33-26-31(17-19-35(33)52-23-21-42)25-29(2)45-40(50)30(3)46-41(39)51/h17-20,26-27,29-30,39H,5-16,21-25,28,42-43H2,1-4H3,(H,44,48)(H,45,50)(H,46,51)/t29?,30-,39?/m0/s1. The van der Waals surface area contributed by atoms with Crippen LogP contribution in [-0.2, 0) is 25.6 Å². The van der Waals surface area contributed by atoms with Crippen LogP contribution in [0.5, 0.6) is 11.5 Å². The van der Waals surface area contributed by atoms with E-state index < -0.39 is 23.9 Å². The number of likely N-dealkylation sites (N-methyl/N-ethyl adjacent to an activating group) is 1. The number of carbonyl (C=O) groups is 4. The molecule has 7 N–H and O–H groups in total. The summed E-state index contributed by atoms with van der Waals surface area (Å²) in [5.41, 5.74) is 14.3. The van der Waals surface area contributed by atoms with Crippen molar-refractivity contribution >= 4 is 23.6 Å². The van der Waals surface area contributed by atoms with E-state index in [4.69, 9.17) is 20.9 Å². The fourth-order valence-corrected chi connectivity index (χ4v) is 6.59. The van der Waals surface area contributed by atoms with Crippen molar-refractivity contribution in [1.29, 1.82) is 0 Å². The van der Waals surface area contributed by atoms with Crippen LogP contribution >= 0.6 is 0 Å². The molecule has 53 heavy (non-hydrogen) atoms. The largest absolute Gasteiger partial charge is 0.492 e. The fraction of sp³-hybridized carbons (Fsp3) is 0.610. The number of nitrogens with one attached hydrogen (secondary N) is 3. The Labute approximate surface area is 316 Å². The Hall–Kier alpha value is -4.16. The number of amides is 4. The molecule has 12 nitrogen and oxygen atoms in total. The summed E-state index contributed by atoms with van der Waals surface area (Å²) in [7, 11) is 1.52. The number of nitrogens with two attached hydrogens (primary N) is 2. The molecule has 2 aromatic rings. The third-order valence-corrected chi connectivity index (χ3v) is 9.56. The number of unbranched alkanes of at least 4 members (excludes halogenated alkanes) is 10. The molecule has 4 amide bonds. The zero-order valence-corrected chi connectivity index (χ0v) is 32.5. The van der Waals surface area contributed by atoms with Gasteiger partial charge >= 0.3 is 0 Å². The lowest BCUT2D eigenvalue weighted by atomic mass is 9.94. The Balaban J connectivity index is 1.80. The molecule has 2 aromatic carbocycles. The van der Waals surface area contributed by atoms with Crippen LogP contribution < -0.4 is 36.9 Å². The van der Waals surface area contributed by atoms with Gasteiger partial charge in [0.2, 0.25) is 23.6 Å². The van der Waals surface area contributed by atoms with Crippen LogP contribution in [0.25, 0.3) is 11.1 Å². The molecule has 0 fully saturated rings. The number of nitrogens with zero attached hydrogens (tertiary/aromatic N) is 1. The van der Waals surface area contributed by atoms with E-state index in [1.54, 1.807) is 25.1 Å². The van der Waals surface area contributed by atoms with Gasteiger partial charge in [-0.2, -0.15) is 0 Å². The van der Waals surface area contributed by atoms with E-state index in [-0.39, 0.29) is 37.6 Å². The van der Waals surface area contributed by atoms with Gasteiger partial charge in [0.25, 0.3) is 0 Å². The maximum atomic E-state index is 14.0. The summed E-state index contributed by atoms with van der Waals surface area (Å²) in [5.74, 6) is -0.458. The monoisotopic (exact) mass is 736 g/mol.